The highest BCUT2D eigenvalue weighted by Gasteiger charge is 2.19. The highest BCUT2D eigenvalue weighted by atomic mass is 16.5. The van der Waals surface area contributed by atoms with Crippen molar-refractivity contribution < 1.29 is 9.84 Å². The van der Waals surface area contributed by atoms with Gasteiger partial charge in [0, 0.05) is 37.9 Å². The van der Waals surface area contributed by atoms with E-state index in [1.807, 2.05) is 18.3 Å². The van der Waals surface area contributed by atoms with Gasteiger partial charge in [-0.15, -0.1) is 0 Å². The minimum Gasteiger partial charge on any atom is -0.394 e. The van der Waals surface area contributed by atoms with Gasteiger partial charge >= 0.3 is 0 Å². The van der Waals surface area contributed by atoms with E-state index in [0.29, 0.717) is 12.7 Å². The molecule has 0 aromatic carbocycles. The number of aliphatic hydroxyl groups excluding tert-OH is 1. The second-order valence-electron chi connectivity index (χ2n) is 4.71. The van der Waals surface area contributed by atoms with Gasteiger partial charge in [0.15, 0.2) is 0 Å². The van der Waals surface area contributed by atoms with Crippen molar-refractivity contribution in [3.05, 3.63) is 30.1 Å². The fourth-order valence-corrected chi connectivity index (χ4v) is 2.34. The van der Waals surface area contributed by atoms with E-state index in [2.05, 4.69) is 16.0 Å². The average molecular weight is 250 g/mol. The van der Waals surface area contributed by atoms with Crippen LogP contribution < -0.4 is 0 Å². The van der Waals surface area contributed by atoms with Crippen molar-refractivity contribution in [1.82, 2.24) is 9.88 Å². The Kier molecular flexibility index (Phi) is 5.58. The van der Waals surface area contributed by atoms with Gasteiger partial charge in [0.2, 0.25) is 0 Å². The number of aromatic nitrogens is 1. The summed E-state index contributed by atoms with van der Waals surface area (Å²) in [6.07, 6.45) is 5.35. The number of likely N-dealkylation sites (tertiary alicyclic amines) is 1. The third kappa shape index (κ3) is 4.37. The highest BCUT2D eigenvalue weighted by Crippen LogP contribution is 2.13. The Balaban J connectivity index is 1.65. The quantitative estimate of drug-likeness (QED) is 0.821. The van der Waals surface area contributed by atoms with Crippen LogP contribution in [-0.2, 0) is 11.2 Å². The summed E-state index contributed by atoms with van der Waals surface area (Å²) in [6.45, 7) is 3.84. The fourth-order valence-electron chi connectivity index (χ4n) is 2.34. The predicted octanol–water partition coefficient (Wildman–Crippen LogP) is 1.10. The molecule has 0 amide bonds. The number of aliphatic hydroxyl groups is 1. The van der Waals surface area contributed by atoms with Crippen LogP contribution >= 0.6 is 0 Å². The number of ether oxygens (including phenoxy) is 1. The zero-order chi connectivity index (χ0) is 12.6. The fraction of sp³-hybridized carbons (Fsp3) is 0.643. The molecular formula is C14H22N2O2. The number of hydrogen-bond donors (Lipinski definition) is 1. The van der Waals surface area contributed by atoms with Gasteiger partial charge in [-0.05, 0) is 25.0 Å². The van der Waals surface area contributed by atoms with Crippen LogP contribution in [0.2, 0.25) is 0 Å². The number of piperidine rings is 1. The third-order valence-corrected chi connectivity index (χ3v) is 3.39. The van der Waals surface area contributed by atoms with Crippen LogP contribution in [0.25, 0.3) is 0 Å². The topological polar surface area (TPSA) is 45.6 Å². The number of hydrogen-bond acceptors (Lipinski definition) is 4. The molecule has 1 aromatic rings. The molecule has 0 radical (unpaired) electrons. The summed E-state index contributed by atoms with van der Waals surface area (Å²) in [6, 6.07) is 6.07. The Morgan fingerprint density at radius 2 is 2.17 bits per heavy atom. The zero-order valence-corrected chi connectivity index (χ0v) is 10.8. The van der Waals surface area contributed by atoms with Gasteiger partial charge in [-0.1, -0.05) is 6.07 Å². The Labute approximate surface area is 109 Å². The standard InChI is InChI=1S/C14H22N2O2/c17-11-12-18-14-5-9-16(10-6-14)8-4-13-3-1-2-7-15-13/h1-3,7,14,17H,4-6,8-12H2. The summed E-state index contributed by atoms with van der Waals surface area (Å²) in [5, 5.41) is 8.72. The molecule has 1 fully saturated rings. The maximum absolute atomic E-state index is 8.72. The maximum atomic E-state index is 8.72. The first kappa shape index (κ1) is 13.5. The molecule has 4 heteroatoms. The minimum absolute atomic E-state index is 0.125. The van der Waals surface area contributed by atoms with Gasteiger partial charge in [0.1, 0.15) is 0 Å². The number of nitrogens with zero attached hydrogens (tertiary/aromatic N) is 2. The van der Waals surface area contributed by atoms with Crippen LogP contribution in [0.1, 0.15) is 18.5 Å². The van der Waals surface area contributed by atoms with Crippen LogP contribution in [-0.4, -0.2) is 53.9 Å². The molecule has 0 spiro atoms. The van der Waals surface area contributed by atoms with Crippen LogP contribution in [0.15, 0.2) is 24.4 Å². The summed E-state index contributed by atoms with van der Waals surface area (Å²) in [5.74, 6) is 0. The van der Waals surface area contributed by atoms with E-state index in [9.17, 15) is 0 Å². The highest BCUT2D eigenvalue weighted by molar-refractivity contribution is 5.03. The molecule has 0 unspecified atom stereocenters. The summed E-state index contributed by atoms with van der Waals surface area (Å²) in [4.78, 5) is 6.81. The van der Waals surface area contributed by atoms with Gasteiger partial charge in [0.25, 0.3) is 0 Å². The Morgan fingerprint density at radius 1 is 1.33 bits per heavy atom. The SMILES string of the molecule is OCCOC1CCN(CCc2ccccn2)CC1. The predicted molar refractivity (Wildman–Crippen MR) is 70.4 cm³/mol. The second kappa shape index (κ2) is 7.46. The van der Waals surface area contributed by atoms with Crippen molar-refractivity contribution >= 4 is 0 Å². The van der Waals surface area contributed by atoms with Crippen LogP contribution in [0, 0.1) is 0 Å². The van der Waals surface area contributed by atoms with Crippen LogP contribution in [0.4, 0.5) is 0 Å². The molecule has 2 rings (SSSR count). The molecule has 2 heterocycles. The van der Waals surface area contributed by atoms with Gasteiger partial charge in [-0.2, -0.15) is 0 Å². The average Bonchev–Trinajstić information content (AvgIpc) is 2.45. The van der Waals surface area contributed by atoms with Gasteiger partial charge in [-0.3, -0.25) is 4.98 Å². The first-order chi connectivity index (χ1) is 8.88. The molecule has 1 N–H and O–H groups in total. The van der Waals surface area contributed by atoms with Crippen LogP contribution in [0.5, 0.6) is 0 Å². The van der Waals surface area contributed by atoms with Gasteiger partial charge < -0.3 is 14.7 Å². The van der Waals surface area contributed by atoms with Crippen molar-refractivity contribution in [3.8, 4) is 0 Å². The molecule has 1 aliphatic heterocycles. The minimum atomic E-state index is 0.125. The van der Waals surface area contributed by atoms with E-state index in [0.717, 1.165) is 44.6 Å². The third-order valence-electron chi connectivity index (χ3n) is 3.39. The Hall–Kier alpha value is -0.970. The lowest BCUT2D eigenvalue weighted by molar-refractivity contribution is -0.00751. The molecule has 100 valence electrons. The smallest absolute Gasteiger partial charge is 0.0701 e. The number of rotatable bonds is 6. The monoisotopic (exact) mass is 250 g/mol. The van der Waals surface area contributed by atoms with Crippen molar-refractivity contribution in [3.63, 3.8) is 0 Å². The van der Waals surface area contributed by atoms with E-state index >= 15 is 0 Å². The molecule has 18 heavy (non-hydrogen) atoms. The zero-order valence-electron chi connectivity index (χ0n) is 10.8. The normalized spacial score (nSPS) is 18.1. The Morgan fingerprint density at radius 3 is 2.83 bits per heavy atom. The van der Waals surface area contributed by atoms with Gasteiger partial charge in [0.05, 0.1) is 19.3 Å². The maximum Gasteiger partial charge on any atom is 0.0701 e. The lowest BCUT2D eigenvalue weighted by Gasteiger charge is -2.31. The summed E-state index contributed by atoms with van der Waals surface area (Å²) < 4.78 is 5.55. The molecule has 0 aliphatic carbocycles. The van der Waals surface area contributed by atoms with Gasteiger partial charge in [-0.25, -0.2) is 0 Å². The van der Waals surface area contributed by atoms with Crippen molar-refractivity contribution in [2.45, 2.75) is 25.4 Å². The van der Waals surface area contributed by atoms with E-state index in [1.54, 1.807) is 0 Å². The molecule has 0 atom stereocenters. The first-order valence-electron chi connectivity index (χ1n) is 6.73. The van der Waals surface area contributed by atoms with E-state index in [4.69, 9.17) is 9.84 Å². The van der Waals surface area contributed by atoms with Crippen molar-refractivity contribution in [2.75, 3.05) is 32.8 Å². The molecule has 1 aliphatic rings. The first-order valence-corrected chi connectivity index (χ1v) is 6.73. The number of pyridine rings is 1. The molecular weight excluding hydrogens is 228 g/mol. The summed E-state index contributed by atoms with van der Waals surface area (Å²) >= 11 is 0. The summed E-state index contributed by atoms with van der Waals surface area (Å²) in [7, 11) is 0. The molecule has 1 aromatic heterocycles. The van der Waals surface area contributed by atoms with E-state index < -0.39 is 0 Å². The summed E-state index contributed by atoms with van der Waals surface area (Å²) in [5.41, 5.74) is 1.16. The largest absolute Gasteiger partial charge is 0.394 e. The van der Waals surface area contributed by atoms with Crippen molar-refractivity contribution in [1.29, 1.82) is 0 Å². The lowest BCUT2D eigenvalue weighted by atomic mass is 10.1. The van der Waals surface area contributed by atoms with Crippen molar-refractivity contribution in [2.24, 2.45) is 0 Å². The molecule has 1 saturated heterocycles. The van der Waals surface area contributed by atoms with Crippen LogP contribution in [0.3, 0.4) is 0 Å². The second-order valence-corrected chi connectivity index (χ2v) is 4.71. The molecule has 4 nitrogen and oxygen atoms in total. The lowest BCUT2D eigenvalue weighted by Crippen LogP contribution is -2.38. The Bertz CT molecular complexity index is 324. The molecule has 0 saturated carbocycles. The van der Waals surface area contributed by atoms with E-state index in [-0.39, 0.29) is 6.61 Å². The van der Waals surface area contributed by atoms with E-state index in [1.165, 1.54) is 0 Å². The molecule has 0 bridgehead atoms.